The highest BCUT2D eigenvalue weighted by atomic mass is 15.2. The van der Waals surface area contributed by atoms with Crippen LogP contribution in [0.5, 0.6) is 0 Å². The third kappa shape index (κ3) is 2.67. The molecule has 1 heterocycles. The minimum Gasteiger partial charge on any atom is -0.382 e. The van der Waals surface area contributed by atoms with Crippen LogP contribution in [-0.4, -0.2) is 26.8 Å². The van der Waals surface area contributed by atoms with E-state index in [4.69, 9.17) is 5.73 Å². The van der Waals surface area contributed by atoms with E-state index in [-0.39, 0.29) is 0 Å². The van der Waals surface area contributed by atoms with Gasteiger partial charge in [-0.2, -0.15) is 0 Å². The van der Waals surface area contributed by atoms with E-state index in [1.54, 1.807) is 6.33 Å². The van der Waals surface area contributed by atoms with E-state index in [9.17, 15) is 0 Å². The third-order valence-electron chi connectivity index (χ3n) is 3.95. The molecule has 2 unspecified atom stereocenters. The molecule has 5 nitrogen and oxygen atoms in total. The Bertz CT molecular complexity index is 577. The van der Waals surface area contributed by atoms with Crippen molar-refractivity contribution in [3.05, 3.63) is 30.6 Å². The van der Waals surface area contributed by atoms with Crippen LogP contribution in [0.3, 0.4) is 0 Å². The van der Waals surface area contributed by atoms with Crippen molar-refractivity contribution >= 4 is 5.69 Å². The molecule has 3 rings (SSSR count). The van der Waals surface area contributed by atoms with Crippen molar-refractivity contribution in [3.63, 3.8) is 0 Å². The number of nitrogens with zero attached hydrogens (tertiary/aromatic N) is 3. The van der Waals surface area contributed by atoms with Crippen LogP contribution in [0.4, 0.5) is 5.69 Å². The van der Waals surface area contributed by atoms with Crippen LogP contribution < -0.4 is 11.1 Å². The molecule has 1 aliphatic carbocycles. The molecule has 20 heavy (non-hydrogen) atoms. The molecule has 0 bridgehead atoms. The summed E-state index contributed by atoms with van der Waals surface area (Å²) >= 11 is 0. The van der Waals surface area contributed by atoms with E-state index in [1.807, 2.05) is 23.7 Å². The van der Waals surface area contributed by atoms with Gasteiger partial charge in [0.05, 0.1) is 0 Å². The molecule has 2 aromatic rings. The lowest BCUT2D eigenvalue weighted by atomic mass is 9.91. The second-order valence-corrected chi connectivity index (χ2v) is 5.58. The van der Waals surface area contributed by atoms with Crippen LogP contribution in [0, 0.1) is 0 Å². The summed E-state index contributed by atoms with van der Waals surface area (Å²) in [4.78, 5) is 0. The van der Waals surface area contributed by atoms with Gasteiger partial charge in [-0.3, -0.25) is 0 Å². The summed E-state index contributed by atoms with van der Waals surface area (Å²) in [6, 6.07) is 9.03. The van der Waals surface area contributed by atoms with Crippen LogP contribution >= 0.6 is 0 Å². The zero-order valence-electron chi connectivity index (χ0n) is 11.8. The molecule has 0 amide bonds. The van der Waals surface area contributed by atoms with Gasteiger partial charge in [-0.25, -0.2) is 0 Å². The zero-order valence-corrected chi connectivity index (χ0v) is 11.8. The molecule has 1 aromatic carbocycles. The van der Waals surface area contributed by atoms with Crippen LogP contribution in [-0.2, 0) is 7.05 Å². The van der Waals surface area contributed by atoms with Crippen LogP contribution in [0.15, 0.2) is 30.6 Å². The summed E-state index contributed by atoms with van der Waals surface area (Å²) in [5.74, 6) is 0.883. The second kappa shape index (κ2) is 5.63. The highest BCUT2D eigenvalue weighted by Gasteiger charge is 2.20. The highest BCUT2D eigenvalue weighted by molar-refractivity contribution is 5.73. The van der Waals surface area contributed by atoms with Gasteiger partial charge in [-0.15, -0.1) is 10.2 Å². The lowest BCUT2D eigenvalue weighted by molar-refractivity contribution is 0.409. The van der Waals surface area contributed by atoms with Crippen molar-refractivity contribution in [3.8, 4) is 11.4 Å². The van der Waals surface area contributed by atoms with E-state index in [1.165, 1.54) is 12.8 Å². The van der Waals surface area contributed by atoms with Crippen molar-refractivity contribution in [2.45, 2.75) is 37.8 Å². The molecule has 5 heteroatoms. The Balaban J connectivity index is 1.85. The highest BCUT2D eigenvalue weighted by Crippen LogP contribution is 2.28. The molecule has 0 spiro atoms. The topological polar surface area (TPSA) is 68.8 Å². The van der Waals surface area contributed by atoms with Crippen molar-refractivity contribution in [2.75, 3.05) is 5.32 Å². The number of benzene rings is 1. The first-order chi connectivity index (χ1) is 9.74. The molecule has 1 aliphatic rings. The predicted octanol–water partition coefficient (Wildman–Crippen LogP) is 2.16. The molecular weight excluding hydrogens is 250 g/mol. The van der Waals surface area contributed by atoms with Gasteiger partial charge in [-0.05, 0) is 37.8 Å². The molecule has 1 saturated carbocycles. The number of aryl methyl sites for hydroxylation is 1. The van der Waals surface area contributed by atoms with Crippen LogP contribution in [0.2, 0.25) is 0 Å². The number of hydrogen-bond donors (Lipinski definition) is 2. The molecular formula is C15H21N5. The van der Waals surface area contributed by atoms with E-state index in [0.717, 1.165) is 29.9 Å². The van der Waals surface area contributed by atoms with E-state index in [2.05, 4.69) is 27.6 Å². The van der Waals surface area contributed by atoms with E-state index in [0.29, 0.717) is 12.1 Å². The number of aromatic nitrogens is 3. The summed E-state index contributed by atoms with van der Waals surface area (Å²) in [6.07, 6.45) is 6.28. The Morgan fingerprint density at radius 3 is 2.90 bits per heavy atom. The van der Waals surface area contributed by atoms with Gasteiger partial charge in [-0.1, -0.05) is 12.1 Å². The van der Waals surface area contributed by atoms with Gasteiger partial charge < -0.3 is 15.6 Å². The summed E-state index contributed by atoms with van der Waals surface area (Å²) in [5, 5.41) is 11.8. The monoisotopic (exact) mass is 271 g/mol. The minimum absolute atomic E-state index is 0.322. The molecule has 1 aromatic heterocycles. The Morgan fingerprint density at radius 1 is 1.30 bits per heavy atom. The maximum absolute atomic E-state index is 6.07. The van der Waals surface area contributed by atoms with Crippen LogP contribution in [0.1, 0.15) is 25.7 Å². The van der Waals surface area contributed by atoms with Crippen molar-refractivity contribution < 1.29 is 0 Å². The molecule has 2 atom stereocenters. The normalized spacial score (nSPS) is 22.7. The fourth-order valence-corrected chi connectivity index (χ4v) is 2.91. The Labute approximate surface area is 119 Å². The van der Waals surface area contributed by atoms with Crippen molar-refractivity contribution in [1.29, 1.82) is 0 Å². The van der Waals surface area contributed by atoms with E-state index >= 15 is 0 Å². The predicted molar refractivity (Wildman–Crippen MR) is 80.3 cm³/mol. The van der Waals surface area contributed by atoms with Crippen molar-refractivity contribution in [2.24, 2.45) is 12.8 Å². The lowest BCUT2D eigenvalue weighted by Gasteiger charge is -2.28. The maximum atomic E-state index is 6.07. The molecule has 0 aliphatic heterocycles. The van der Waals surface area contributed by atoms with Gasteiger partial charge in [0.15, 0.2) is 5.82 Å². The molecule has 3 N–H and O–H groups in total. The Morgan fingerprint density at radius 2 is 2.15 bits per heavy atom. The Kier molecular flexibility index (Phi) is 3.69. The number of anilines is 1. The molecule has 0 radical (unpaired) electrons. The third-order valence-corrected chi connectivity index (χ3v) is 3.95. The standard InChI is InChI=1S/C15H21N5/c1-20-10-17-19-15(20)13-7-2-3-8-14(13)18-12-6-4-5-11(16)9-12/h2-3,7-8,10-12,18H,4-6,9,16H2,1H3. The number of nitrogens with two attached hydrogens (primary N) is 1. The number of hydrogen-bond acceptors (Lipinski definition) is 4. The maximum Gasteiger partial charge on any atom is 0.165 e. The Hall–Kier alpha value is -1.88. The molecule has 106 valence electrons. The van der Waals surface area contributed by atoms with Crippen LogP contribution in [0.25, 0.3) is 11.4 Å². The summed E-state index contributed by atoms with van der Waals surface area (Å²) in [6.45, 7) is 0. The number of para-hydroxylation sites is 1. The van der Waals surface area contributed by atoms with Crippen molar-refractivity contribution in [1.82, 2.24) is 14.8 Å². The average molecular weight is 271 g/mol. The lowest BCUT2D eigenvalue weighted by Crippen LogP contribution is -2.35. The first-order valence-corrected chi connectivity index (χ1v) is 7.19. The fourth-order valence-electron chi connectivity index (χ4n) is 2.91. The van der Waals surface area contributed by atoms with Gasteiger partial charge >= 0.3 is 0 Å². The summed E-state index contributed by atoms with van der Waals surface area (Å²) in [7, 11) is 1.96. The summed E-state index contributed by atoms with van der Waals surface area (Å²) < 4.78 is 1.94. The first kappa shape index (κ1) is 13.1. The SMILES string of the molecule is Cn1cnnc1-c1ccccc1NC1CCCC(N)C1. The van der Waals surface area contributed by atoms with Gasteiger partial charge in [0.25, 0.3) is 0 Å². The smallest absolute Gasteiger partial charge is 0.165 e. The minimum atomic E-state index is 0.322. The molecule has 0 saturated heterocycles. The number of rotatable bonds is 3. The first-order valence-electron chi connectivity index (χ1n) is 7.19. The van der Waals surface area contributed by atoms with Gasteiger partial charge in [0.2, 0.25) is 0 Å². The van der Waals surface area contributed by atoms with Gasteiger partial charge in [0, 0.05) is 30.4 Å². The average Bonchev–Trinajstić information content (AvgIpc) is 2.86. The van der Waals surface area contributed by atoms with Gasteiger partial charge in [0.1, 0.15) is 6.33 Å². The second-order valence-electron chi connectivity index (χ2n) is 5.58. The number of nitrogens with one attached hydrogen (secondary N) is 1. The zero-order chi connectivity index (χ0) is 13.9. The molecule has 1 fully saturated rings. The quantitative estimate of drug-likeness (QED) is 0.897. The fraction of sp³-hybridized carbons (Fsp3) is 0.467. The largest absolute Gasteiger partial charge is 0.382 e. The summed E-state index contributed by atoms with van der Waals surface area (Å²) in [5.41, 5.74) is 8.27. The van der Waals surface area contributed by atoms with E-state index < -0.39 is 0 Å².